The normalized spacial score (nSPS) is 27.1. The van der Waals surface area contributed by atoms with Crippen molar-refractivity contribution in [2.24, 2.45) is 17.8 Å². The van der Waals surface area contributed by atoms with Crippen LogP contribution in [0.2, 0.25) is 0 Å². The molecule has 2 aliphatic carbocycles. The number of nitrogens with one attached hydrogen (secondary N) is 2. The first-order valence-corrected chi connectivity index (χ1v) is 6.87. The molecule has 0 radical (unpaired) electrons. The van der Waals surface area contributed by atoms with Gasteiger partial charge < -0.3 is 15.7 Å². The van der Waals surface area contributed by atoms with Gasteiger partial charge in [-0.1, -0.05) is 6.42 Å². The molecule has 5 heteroatoms. The Morgan fingerprint density at radius 2 is 1.89 bits per heavy atom. The van der Waals surface area contributed by atoms with Crippen molar-refractivity contribution in [3.05, 3.63) is 0 Å². The molecule has 2 rings (SSSR count). The van der Waals surface area contributed by atoms with Gasteiger partial charge in [-0.25, -0.2) is 0 Å². The average molecular weight is 254 g/mol. The third kappa shape index (κ3) is 3.98. The van der Waals surface area contributed by atoms with Gasteiger partial charge in [0, 0.05) is 6.54 Å². The molecule has 5 nitrogen and oxygen atoms in total. The molecular weight excluding hydrogens is 232 g/mol. The minimum Gasteiger partial charge on any atom is -0.481 e. The molecule has 0 bridgehead atoms. The Hall–Kier alpha value is -1.10. The Kier molecular flexibility index (Phi) is 4.58. The molecule has 2 fully saturated rings. The van der Waals surface area contributed by atoms with Gasteiger partial charge in [-0.3, -0.25) is 9.59 Å². The summed E-state index contributed by atoms with van der Waals surface area (Å²) in [4.78, 5) is 22.5. The van der Waals surface area contributed by atoms with Gasteiger partial charge in [0.25, 0.3) is 0 Å². The first-order valence-electron chi connectivity index (χ1n) is 6.87. The highest BCUT2D eigenvalue weighted by atomic mass is 16.4. The van der Waals surface area contributed by atoms with Gasteiger partial charge in [0.15, 0.2) is 0 Å². The number of carboxylic acids is 1. The quantitative estimate of drug-likeness (QED) is 0.622. The molecule has 2 saturated carbocycles. The fourth-order valence-corrected chi connectivity index (χ4v) is 2.62. The molecule has 2 unspecified atom stereocenters. The van der Waals surface area contributed by atoms with Crippen LogP contribution in [0.25, 0.3) is 0 Å². The Morgan fingerprint density at radius 3 is 2.56 bits per heavy atom. The van der Waals surface area contributed by atoms with E-state index >= 15 is 0 Å². The van der Waals surface area contributed by atoms with Gasteiger partial charge >= 0.3 is 5.97 Å². The summed E-state index contributed by atoms with van der Waals surface area (Å²) in [7, 11) is 0. The molecule has 2 atom stereocenters. The number of carbonyl (C=O) groups is 2. The molecule has 102 valence electrons. The Labute approximate surface area is 107 Å². The largest absolute Gasteiger partial charge is 0.481 e. The smallest absolute Gasteiger partial charge is 0.306 e. The molecule has 2 aliphatic rings. The molecule has 3 N–H and O–H groups in total. The van der Waals surface area contributed by atoms with E-state index in [1.165, 1.54) is 12.8 Å². The van der Waals surface area contributed by atoms with E-state index in [1.54, 1.807) is 0 Å². The molecule has 0 aromatic rings. The second-order valence-electron chi connectivity index (χ2n) is 5.51. The zero-order valence-corrected chi connectivity index (χ0v) is 10.7. The highest BCUT2D eigenvalue weighted by Crippen LogP contribution is 2.31. The van der Waals surface area contributed by atoms with E-state index in [4.69, 9.17) is 5.11 Å². The maximum atomic E-state index is 11.5. The predicted octanol–water partition coefficient (Wildman–Crippen LogP) is 0.603. The van der Waals surface area contributed by atoms with E-state index in [1.807, 2.05) is 0 Å². The van der Waals surface area contributed by atoms with Crippen molar-refractivity contribution in [2.45, 2.75) is 32.1 Å². The standard InChI is InChI=1S/C13H22N2O3/c16-12(15-6-9-4-5-9)8-14-7-10-2-1-3-11(10)13(17)18/h9-11,14H,1-8H2,(H,15,16)(H,17,18). The van der Waals surface area contributed by atoms with Crippen LogP contribution in [0.4, 0.5) is 0 Å². The number of aliphatic carboxylic acids is 1. The number of carboxylic acid groups (broad SMARTS) is 1. The highest BCUT2D eigenvalue weighted by molar-refractivity contribution is 5.78. The van der Waals surface area contributed by atoms with Gasteiger partial charge in [-0.2, -0.15) is 0 Å². The lowest BCUT2D eigenvalue weighted by Gasteiger charge is -2.16. The van der Waals surface area contributed by atoms with Crippen LogP contribution in [0.15, 0.2) is 0 Å². The second-order valence-corrected chi connectivity index (χ2v) is 5.51. The number of carbonyl (C=O) groups excluding carboxylic acids is 1. The van der Waals surface area contributed by atoms with Crippen LogP contribution in [-0.2, 0) is 9.59 Å². The van der Waals surface area contributed by atoms with Crippen molar-refractivity contribution < 1.29 is 14.7 Å². The number of hydrogen-bond donors (Lipinski definition) is 3. The van der Waals surface area contributed by atoms with Crippen molar-refractivity contribution in [3.8, 4) is 0 Å². The van der Waals surface area contributed by atoms with Crippen molar-refractivity contribution in [1.82, 2.24) is 10.6 Å². The maximum Gasteiger partial charge on any atom is 0.306 e. The molecule has 18 heavy (non-hydrogen) atoms. The Morgan fingerprint density at radius 1 is 1.11 bits per heavy atom. The molecule has 0 aromatic heterocycles. The van der Waals surface area contributed by atoms with E-state index < -0.39 is 5.97 Å². The SMILES string of the molecule is O=C(CNCC1CCCC1C(=O)O)NCC1CC1. The summed E-state index contributed by atoms with van der Waals surface area (Å²) < 4.78 is 0. The molecule has 1 amide bonds. The summed E-state index contributed by atoms with van der Waals surface area (Å²) in [6.45, 7) is 1.73. The third-order valence-electron chi connectivity index (χ3n) is 3.95. The summed E-state index contributed by atoms with van der Waals surface area (Å²) in [5.41, 5.74) is 0. The van der Waals surface area contributed by atoms with Gasteiger partial charge in [-0.15, -0.1) is 0 Å². The number of hydrogen-bond acceptors (Lipinski definition) is 3. The van der Waals surface area contributed by atoms with E-state index in [0.29, 0.717) is 19.0 Å². The van der Waals surface area contributed by atoms with E-state index in [-0.39, 0.29) is 17.7 Å². The summed E-state index contributed by atoms with van der Waals surface area (Å²) in [6.07, 6.45) is 5.17. The lowest BCUT2D eigenvalue weighted by atomic mass is 9.96. The number of amides is 1. The van der Waals surface area contributed by atoms with Crippen LogP contribution < -0.4 is 10.6 Å². The van der Waals surface area contributed by atoms with E-state index in [9.17, 15) is 9.59 Å². The minimum absolute atomic E-state index is 0.0202. The second kappa shape index (κ2) is 6.18. The monoisotopic (exact) mass is 254 g/mol. The maximum absolute atomic E-state index is 11.5. The minimum atomic E-state index is -0.697. The van der Waals surface area contributed by atoms with Crippen LogP contribution in [0.5, 0.6) is 0 Å². The fourth-order valence-electron chi connectivity index (χ4n) is 2.62. The lowest BCUT2D eigenvalue weighted by Crippen LogP contribution is -2.38. The highest BCUT2D eigenvalue weighted by Gasteiger charge is 2.32. The molecule has 0 saturated heterocycles. The Bertz CT molecular complexity index is 315. The Balaban J connectivity index is 1.58. The van der Waals surface area contributed by atoms with Crippen LogP contribution in [0, 0.1) is 17.8 Å². The van der Waals surface area contributed by atoms with Gasteiger partial charge in [0.2, 0.25) is 5.91 Å². The molecule has 0 spiro atoms. The summed E-state index contributed by atoms with van der Waals surface area (Å²) in [6, 6.07) is 0. The van der Waals surface area contributed by atoms with Crippen LogP contribution in [-0.4, -0.2) is 36.6 Å². The van der Waals surface area contributed by atoms with Crippen molar-refractivity contribution >= 4 is 11.9 Å². The van der Waals surface area contributed by atoms with Gasteiger partial charge in [0.1, 0.15) is 0 Å². The van der Waals surface area contributed by atoms with Crippen molar-refractivity contribution in [2.75, 3.05) is 19.6 Å². The average Bonchev–Trinajstić information content (AvgIpc) is 3.04. The van der Waals surface area contributed by atoms with E-state index in [2.05, 4.69) is 10.6 Å². The zero-order valence-electron chi connectivity index (χ0n) is 10.7. The molecule has 0 aliphatic heterocycles. The van der Waals surface area contributed by atoms with Crippen molar-refractivity contribution in [1.29, 1.82) is 0 Å². The topological polar surface area (TPSA) is 78.4 Å². The first kappa shape index (κ1) is 13.3. The van der Waals surface area contributed by atoms with Gasteiger partial charge in [0.05, 0.1) is 12.5 Å². The lowest BCUT2D eigenvalue weighted by molar-refractivity contribution is -0.142. The van der Waals surface area contributed by atoms with Crippen LogP contribution in [0.3, 0.4) is 0 Å². The van der Waals surface area contributed by atoms with E-state index in [0.717, 1.165) is 25.8 Å². The molecular formula is C13H22N2O3. The number of rotatable bonds is 7. The molecule has 0 heterocycles. The fraction of sp³-hybridized carbons (Fsp3) is 0.846. The first-order chi connectivity index (χ1) is 8.66. The van der Waals surface area contributed by atoms with Crippen LogP contribution in [0.1, 0.15) is 32.1 Å². The molecule has 0 aromatic carbocycles. The predicted molar refractivity (Wildman–Crippen MR) is 67.1 cm³/mol. The third-order valence-corrected chi connectivity index (χ3v) is 3.95. The van der Waals surface area contributed by atoms with Crippen LogP contribution >= 0.6 is 0 Å². The zero-order chi connectivity index (χ0) is 13.0. The summed E-state index contributed by atoms with van der Waals surface area (Å²) >= 11 is 0. The summed E-state index contributed by atoms with van der Waals surface area (Å²) in [5, 5.41) is 15.0. The van der Waals surface area contributed by atoms with Crippen molar-refractivity contribution in [3.63, 3.8) is 0 Å². The summed E-state index contributed by atoms with van der Waals surface area (Å²) in [5.74, 6) is -0.0322. The van der Waals surface area contributed by atoms with Gasteiger partial charge in [-0.05, 0) is 44.1 Å².